The van der Waals surface area contributed by atoms with Crippen molar-refractivity contribution in [1.82, 2.24) is 14.3 Å². The standard InChI is InChI=1S/C14H17N3O2/c1-5-6-10-11(14(19)16(3)4)8-17-7-9(2)15-13(17)12(10)18/h5,7-8,18H,1,6H2,2-4H3. The van der Waals surface area contributed by atoms with Gasteiger partial charge in [0.05, 0.1) is 11.3 Å². The number of allylic oxidation sites excluding steroid dienone is 1. The lowest BCUT2D eigenvalue weighted by Gasteiger charge is -2.15. The maximum absolute atomic E-state index is 12.2. The first-order chi connectivity index (χ1) is 8.95. The summed E-state index contributed by atoms with van der Waals surface area (Å²) in [6.45, 7) is 5.50. The van der Waals surface area contributed by atoms with E-state index >= 15 is 0 Å². The predicted octanol–water partition coefficient (Wildman–Crippen LogP) is 1.78. The molecule has 5 nitrogen and oxygen atoms in total. The summed E-state index contributed by atoms with van der Waals surface area (Å²) in [4.78, 5) is 17.9. The van der Waals surface area contributed by atoms with Crippen molar-refractivity contribution < 1.29 is 9.90 Å². The quantitative estimate of drug-likeness (QED) is 0.855. The van der Waals surface area contributed by atoms with Crippen molar-refractivity contribution in [3.8, 4) is 5.75 Å². The molecule has 2 rings (SSSR count). The van der Waals surface area contributed by atoms with Crippen LogP contribution < -0.4 is 0 Å². The molecule has 0 saturated carbocycles. The molecule has 0 radical (unpaired) electrons. The summed E-state index contributed by atoms with van der Waals surface area (Å²) in [6.07, 6.45) is 5.56. The highest BCUT2D eigenvalue weighted by atomic mass is 16.3. The molecule has 0 unspecified atom stereocenters. The normalized spacial score (nSPS) is 10.7. The number of fused-ring (bicyclic) bond motifs is 1. The molecular weight excluding hydrogens is 242 g/mol. The van der Waals surface area contributed by atoms with Crippen LogP contribution in [0, 0.1) is 6.92 Å². The molecule has 0 aliphatic rings. The van der Waals surface area contributed by atoms with E-state index in [-0.39, 0.29) is 11.7 Å². The van der Waals surface area contributed by atoms with E-state index in [1.807, 2.05) is 6.92 Å². The van der Waals surface area contributed by atoms with E-state index in [1.54, 1.807) is 37.0 Å². The smallest absolute Gasteiger partial charge is 0.255 e. The van der Waals surface area contributed by atoms with Crippen molar-refractivity contribution in [3.05, 3.63) is 41.9 Å². The fourth-order valence-corrected chi connectivity index (χ4v) is 2.05. The van der Waals surface area contributed by atoms with Crippen LogP contribution in [-0.4, -0.2) is 39.4 Å². The number of aromatic nitrogens is 2. The van der Waals surface area contributed by atoms with Gasteiger partial charge in [-0.1, -0.05) is 6.08 Å². The maximum atomic E-state index is 12.2. The van der Waals surface area contributed by atoms with E-state index in [4.69, 9.17) is 0 Å². The summed E-state index contributed by atoms with van der Waals surface area (Å²) in [6, 6.07) is 0. The van der Waals surface area contributed by atoms with Gasteiger partial charge in [-0.25, -0.2) is 4.98 Å². The largest absolute Gasteiger partial charge is 0.504 e. The fourth-order valence-electron chi connectivity index (χ4n) is 2.05. The molecule has 2 aromatic rings. The van der Waals surface area contributed by atoms with Crippen LogP contribution in [0.5, 0.6) is 5.75 Å². The summed E-state index contributed by atoms with van der Waals surface area (Å²) >= 11 is 0. The second-order valence-corrected chi connectivity index (χ2v) is 4.68. The number of aryl methyl sites for hydroxylation is 1. The topological polar surface area (TPSA) is 57.8 Å². The summed E-state index contributed by atoms with van der Waals surface area (Å²) in [5.41, 5.74) is 2.28. The summed E-state index contributed by atoms with van der Waals surface area (Å²) < 4.78 is 1.67. The third-order valence-corrected chi connectivity index (χ3v) is 2.93. The zero-order valence-electron chi connectivity index (χ0n) is 11.3. The zero-order chi connectivity index (χ0) is 14.2. The summed E-state index contributed by atoms with van der Waals surface area (Å²) in [7, 11) is 3.36. The molecule has 0 aromatic carbocycles. The number of carbonyl (C=O) groups excluding carboxylic acids is 1. The molecule has 19 heavy (non-hydrogen) atoms. The minimum Gasteiger partial charge on any atom is -0.504 e. The Balaban J connectivity index is 2.76. The predicted molar refractivity (Wildman–Crippen MR) is 73.5 cm³/mol. The minimum atomic E-state index is -0.152. The molecule has 1 amide bonds. The second kappa shape index (κ2) is 4.76. The lowest BCUT2D eigenvalue weighted by molar-refractivity contribution is 0.0825. The fraction of sp³-hybridized carbons (Fsp3) is 0.286. The summed E-state index contributed by atoms with van der Waals surface area (Å²) in [5, 5.41) is 10.3. The molecule has 5 heteroatoms. The monoisotopic (exact) mass is 259 g/mol. The highest BCUT2D eigenvalue weighted by Crippen LogP contribution is 2.28. The van der Waals surface area contributed by atoms with Crippen LogP contribution in [0.4, 0.5) is 0 Å². The number of pyridine rings is 1. The average Bonchev–Trinajstić information content (AvgIpc) is 2.72. The van der Waals surface area contributed by atoms with Crippen LogP contribution in [0.1, 0.15) is 21.6 Å². The van der Waals surface area contributed by atoms with E-state index in [2.05, 4.69) is 11.6 Å². The van der Waals surface area contributed by atoms with Crippen molar-refractivity contribution in [1.29, 1.82) is 0 Å². The van der Waals surface area contributed by atoms with Gasteiger partial charge in [0.1, 0.15) is 0 Å². The number of rotatable bonds is 3. The van der Waals surface area contributed by atoms with Gasteiger partial charge >= 0.3 is 0 Å². The van der Waals surface area contributed by atoms with Crippen LogP contribution in [0.25, 0.3) is 5.65 Å². The number of imidazole rings is 1. The van der Waals surface area contributed by atoms with Crippen molar-refractivity contribution in [2.75, 3.05) is 14.1 Å². The van der Waals surface area contributed by atoms with E-state index in [9.17, 15) is 9.90 Å². The average molecular weight is 259 g/mol. The van der Waals surface area contributed by atoms with Crippen LogP contribution in [-0.2, 0) is 6.42 Å². The number of carbonyl (C=O) groups is 1. The Kier molecular flexibility index (Phi) is 3.29. The van der Waals surface area contributed by atoms with Crippen molar-refractivity contribution in [2.24, 2.45) is 0 Å². The minimum absolute atomic E-state index is 0.0423. The first kappa shape index (κ1) is 13.1. The van der Waals surface area contributed by atoms with E-state index in [0.29, 0.717) is 23.2 Å². The third kappa shape index (κ3) is 2.19. The van der Waals surface area contributed by atoms with Crippen LogP contribution in [0.2, 0.25) is 0 Å². The third-order valence-electron chi connectivity index (χ3n) is 2.93. The lowest BCUT2D eigenvalue weighted by atomic mass is 10.0. The Morgan fingerprint density at radius 1 is 1.53 bits per heavy atom. The molecule has 0 aliphatic heterocycles. The molecule has 0 fully saturated rings. The first-order valence-electron chi connectivity index (χ1n) is 5.98. The van der Waals surface area contributed by atoms with Crippen LogP contribution in [0.15, 0.2) is 25.0 Å². The van der Waals surface area contributed by atoms with Gasteiger partial charge in [0, 0.05) is 32.1 Å². The molecule has 1 N–H and O–H groups in total. The number of aromatic hydroxyl groups is 1. The van der Waals surface area contributed by atoms with Crippen molar-refractivity contribution >= 4 is 11.6 Å². The first-order valence-corrected chi connectivity index (χ1v) is 5.98. The molecule has 0 aliphatic carbocycles. The Bertz CT molecular complexity index is 656. The Morgan fingerprint density at radius 3 is 2.79 bits per heavy atom. The van der Waals surface area contributed by atoms with Gasteiger partial charge in [0.15, 0.2) is 11.4 Å². The second-order valence-electron chi connectivity index (χ2n) is 4.68. The molecule has 100 valence electrons. The van der Waals surface area contributed by atoms with Gasteiger partial charge < -0.3 is 14.4 Å². The Hall–Kier alpha value is -2.30. The molecule has 0 bridgehead atoms. The SMILES string of the molecule is C=CCc1c(C(=O)N(C)C)cn2cc(C)nc2c1O. The molecule has 2 heterocycles. The van der Waals surface area contributed by atoms with Crippen LogP contribution >= 0.6 is 0 Å². The number of hydrogen-bond acceptors (Lipinski definition) is 3. The van der Waals surface area contributed by atoms with Gasteiger partial charge in [0.25, 0.3) is 5.91 Å². The van der Waals surface area contributed by atoms with E-state index in [1.165, 1.54) is 4.90 Å². The molecule has 0 spiro atoms. The highest BCUT2D eigenvalue weighted by Gasteiger charge is 2.19. The van der Waals surface area contributed by atoms with Crippen LogP contribution in [0.3, 0.4) is 0 Å². The van der Waals surface area contributed by atoms with Gasteiger partial charge in [-0.3, -0.25) is 4.79 Å². The lowest BCUT2D eigenvalue weighted by Crippen LogP contribution is -2.23. The van der Waals surface area contributed by atoms with E-state index in [0.717, 1.165) is 5.69 Å². The number of nitrogens with zero attached hydrogens (tertiary/aromatic N) is 3. The highest BCUT2D eigenvalue weighted by molar-refractivity contribution is 5.96. The van der Waals surface area contributed by atoms with Gasteiger partial charge in [-0.15, -0.1) is 6.58 Å². The molecular formula is C14H17N3O2. The van der Waals surface area contributed by atoms with Gasteiger partial charge in [-0.2, -0.15) is 0 Å². The zero-order valence-corrected chi connectivity index (χ0v) is 11.3. The number of hydrogen-bond donors (Lipinski definition) is 1. The maximum Gasteiger partial charge on any atom is 0.255 e. The summed E-state index contributed by atoms with van der Waals surface area (Å²) in [5.74, 6) is -0.110. The van der Waals surface area contributed by atoms with Crippen molar-refractivity contribution in [3.63, 3.8) is 0 Å². The Morgan fingerprint density at radius 2 is 2.21 bits per heavy atom. The molecule has 0 saturated heterocycles. The molecule has 2 aromatic heterocycles. The van der Waals surface area contributed by atoms with Crippen molar-refractivity contribution in [2.45, 2.75) is 13.3 Å². The Labute approximate surface area is 111 Å². The molecule has 0 atom stereocenters. The van der Waals surface area contributed by atoms with E-state index < -0.39 is 0 Å². The van der Waals surface area contributed by atoms with Gasteiger partial charge in [-0.05, 0) is 13.3 Å². The van der Waals surface area contributed by atoms with Gasteiger partial charge in [0.2, 0.25) is 0 Å². The number of amides is 1.